The van der Waals surface area contributed by atoms with Crippen molar-refractivity contribution in [2.45, 2.75) is 46.1 Å². The van der Waals surface area contributed by atoms with Gasteiger partial charge in [-0.05, 0) is 36.6 Å². The van der Waals surface area contributed by atoms with Crippen LogP contribution < -0.4 is 10.1 Å². The van der Waals surface area contributed by atoms with E-state index in [2.05, 4.69) is 26.1 Å². The van der Waals surface area contributed by atoms with Crippen LogP contribution in [-0.4, -0.2) is 13.7 Å². The lowest BCUT2D eigenvalue weighted by molar-refractivity contribution is 0.379. The van der Waals surface area contributed by atoms with Gasteiger partial charge in [0.15, 0.2) is 11.6 Å². The first-order valence-electron chi connectivity index (χ1n) is 7.19. The van der Waals surface area contributed by atoms with Crippen LogP contribution in [0.25, 0.3) is 0 Å². The highest BCUT2D eigenvalue weighted by atomic mass is 19.1. The molecule has 0 aliphatic carbocycles. The first-order chi connectivity index (χ1) is 9.12. The van der Waals surface area contributed by atoms with E-state index in [0.717, 1.165) is 18.5 Å². The zero-order chi connectivity index (χ0) is 14.3. The summed E-state index contributed by atoms with van der Waals surface area (Å²) in [6.45, 7) is 7.42. The summed E-state index contributed by atoms with van der Waals surface area (Å²) in [6, 6.07) is 5.46. The topological polar surface area (TPSA) is 21.3 Å². The fourth-order valence-electron chi connectivity index (χ4n) is 2.50. The fourth-order valence-corrected chi connectivity index (χ4v) is 2.50. The Morgan fingerprint density at radius 2 is 2.05 bits per heavy atom. The van der Waals surface area contributed by atoms with E-state index < -0.39 is 0 Å². The van der Waals surface area contributed by atoms with Gasteiger partial charge in [0.05, 0.1) is 7.11 Å². The van der Waals surface area contributed by atoms with E-state index in [1.165, 1.54) is 20.0 Å². The molecule has 0 aliphatic heterocycles. The quantitative estimate of drug-likeness (QED) is 0.757. The average Bonchev–Trinajstić information content (AvgIpc) is 2.38. The minimum atomic E-state index is -0.286. The lowest BCUT2D eigenvalue weighted by atomic mass is 9.93. The molecular formula is C16H26FNO. The highest BCUT2D eigenvalue weighted by molar-refractivity contribution is 5.31. The molecule has 2 nitrogen and oxygen atoms in total. The van der Waals surface area contributed by atoms with Crippen LogP contribution in [0.15, 0.2) is 18.2 Å². The van der Waals surface area contributed by atoms with Gasteiger partial charge in [-0.25, -0.2) is 4.39 Å². The van der Waals surface area contributed by atoms with Gasteiger partial charge in [0.25, 0.3) is 0 Å². The third-order valence-electron chi connectivity index (χ3n) is 3.45. The van der Waals surface area contributed by atoms with Gasteiger partial charge in [0, 0.05) is 6.04 Å². The second kappa shape index (κ2) is 8.16. The van der Waals surface area contributed by atoms with Gasteiger partial charge in [-0.2, -0.15) is 0 Å². The smallest absolute Gasteiger partial charge is 0.165 e. The molecule has 0 radical (unpaired) electrons. The lowest BCUT2D eigenvalue weighted by Crippen LogP contribution is -2.23. The Labute approximate surface area is 116 Å². The number of halogens is 1. The largest absolute Gasteiger partial charge is 0.494 e. The number of ether oxygens (including phenoxy) is 1. The molecule has 3 heteroatoms. The van der Waals surface area contributed by atoms with Crippen molar-refractivity contribution in [3.8, 4) is 5.75 Å². The Morgan fingerprint density at radius 1 is 1.32 bits per heavy atom. The molecular weight excluding hydrogens is 241 g/mol. The standard InChI is InChI=1S/C16H26FNO/c1-5-7-12(3)10-15(18-6-2)13-8-9-16(19-4)14(17)11-13/h8-9,11-12,15,18H,5-7,10H2,1-4H3. The van der Waals surface area contributed by atoms with Crippen LogP contribution in [0.1, 0.15) is 51.6 Å². The van der Waals surface area contributed by atoms with E-state index in [0.29, 0.717) is 11.7 Å². The molecule has 108 valence electrons. The maximum atomic E-state index is 13.8. The highest BCUT2D eigenvalue weighted by Crippen LogP contribution is 2.27. The maximum Gasteiger partial charge on any atom is 0.165 e. The first kappa shape index (κ1) is 16.0. The van der Waals surface area contributed by atoms with Crippen LogP contribution in [0.2, 0.25) is 0 Å². The Hall–Kier alpha value is -1.09. The zero-order valence-corrected chi connectivity index (χ0v) is 12.5. The molecule has 0 aliphatic rings. The summed E-state index contributed by atoms with van der Waals surface area (Å²) in [7, 11) is 1.49. The van der Waals surface area contributed by atoms with Gasteiger partial charge in [-0.1, -0.05) is 39.7 Å². The summed E-state index contributed by atoms with van der Waals surface area (Å²) in [4.78, 5) is 0. The lowest BCUT2D eigenvalue weighted by Gasteiger charge is -2.22. The van der Waals surface area contributed by atoms with Crippen molar-refractivity contribution < 1.29 is 9.13 Å². The molecule has 0 saturated carbocycles. The van der Waals surface area contributed by atoms with Gasteiger partial charge in [0.1, 0.15) is 0 Å². The Morgan fingerprint density at radius 3 is 2.58 bits per heavy atom. The van der Waals surface area contributed by atoms with Crippen LogP contribution >= 0.6 is 0 Å². The van der Waals surface area contributed by atoms with Crippen molar-refractivity contribution in [2.75, 3.05) is 13.7 Å². The molecule has 2 atom stereocenters. The number of rotatable bonds is 8. The summed E-state index contributed by atoms with van der Waals surface area (Å²) in [6.07, 6.45) is 3.44. The predicted molar refractivity (Wildman–Crippen MR) is 78.1 cm³/mol. The minimum absolute atomic E-state index is 0.215. The Kier molecular flexibility index (Phi) is 6.85. The van der Waals surface area contributed by atoms with Crippen LogP contribution in [0, 0.1) is 11.7 Å². The number of hydrogen-bond acceptors (Lipinski definition) is 2. The third-order valence-corrected chi connectivity index (χ3v) is 3.45. The molecule has 1 N–H and O–H groups in total. The van der Waals surface area contributed by atoms with E-state index in [1.54, 1.807) is 12.1 Å². The van der Waals surface area contributed by atoms with E-state index in [4.69, 9.17) is 4.74 Å². The summed E-state index contributed by atoms with van der Waals surface area (Å²) >= 11 is 0. The molecule has 0 saturated heterocycles. The highest BCUT2D eigenvalue weighted by Gasteiger charge is 2.16. The summed E-state index contributed by atoms with van der Waals surface area (Å²) in [5.41, 5.74) is 1.00. The SMILES string of the molecule is CCCC(C)CC(NCC)c1ccc(OC)c(F)c1. The zero-order valence-electron chi connectivity index (χ0n) is 12.5. The Bertz CT molecular complexity index is 381. The van der Waals surface area contributed by atoms with Gasteiger partial charge in [-0.3, -0.25) is 0 Å². The molecule has 0 aromatic heterocycles. The molecule has 1 aromatic rings. The van der Waals surface area contributed by atoms with Crippen molar-refractivity contribution in [1.82, 2.24) is 5.32 Å². The molecule has 0 bridgehead atoms. The minimum Gasteiger partial charge on any atom is -0.494 e. The molecule has 0 spiro atoms. The van der Waals surface area contributed by atoms with E-state index in [9.17, 15) is 4.39 Å². The summed E-state index contributed by atoms with van der Waals surface area (Å²) in [5, 5.41) is 3.45. The second-order valence-electron chi connectivity index (χ2n) is 5.13. The van der Waals surface area contributed by atoms with Crippen LogP contribution in [0.3, 0.4) is 0 Å². The van der Waals surface area contributed by atoms with E-state index >= 15 is 0 Å². The molecule has 1 rings (SSSR count). The van der Waals surface area contributed by atoms with Crippen molar-refractivity contribution >= 4 is 0 Å². The summed E-state index contributed by atoms with van der Waals surface area (Å²) in [5.74, 6) is 0.658. The Balaban J connectivity index is 2.83. The maximum absolute atomic E-state index is 13.8. The molecule has 0 fully saturated rings. The average molecular weight is 267 g/mol. The molecule has 0 amide bonds. The second-order valence-corrected chi connectivity index (χ2v) is 5.13. The van der Waals surface area contributed by atoms with Crippen molar-refractivity contribution in [2.24, 2.45) is 5.92 Å². The molecule has 19 heavy (non-hydrogen) atoms. The molecule has 1 aromatic carbocycles. The normalized spacial score (nSPS) is 14.2. The predicted octanol–water partition coefficient (Wildman–Crippen LogP) is 4.31. The first-order valence-corrected chi connectivity index (χ1v) is 7.19. The van der Waals surface area contributed by atoms with Crippen molar-refractivity contribution in [1.29, 1.82) is 0 Å². The molecule has 2 unspecified atom stereocenters. The third kappa shape index (κ3) is 4.83. The van der Waals surface area contributed by atoms with Gasteiger partial charge in [-0.15, -0.1) is 0 Å². The number of methoxy groups -OCH3 is 1. The number of hydrogen-bond donors (Lipinski definition) is 1. The van der Waals surface area contributed by atoms with E-state index in [1.807, 2.05) is 6.07 Å². The van der Waals surface area contributed by atoms with E-state index in [-0.39, 0.29) is 11.9 Å². The van der Waals surface area contributed by atoms with Crippen LogP contribution in [-0.2, 0) is 0 Å². The van der Waals surface area contributed by atoms with Crippen LogP contribution in [0.4, 0.5) is 4.39 Å². The van der Waals surface area contributed by atoms with Crippen LogP contribution in [0.5, 0.6) is 5.75 Å². The monoisotopic (exact) mass is 267 g/mol. The van der Waals surface area contributed by atoms with Crippen molar-refractivity contribution in [3.63, 3.8) is 0 Å². The number of benzene rings is 1. The number of nitrogens with one attached hydrogen (secondary N) is 1. The van der Waals surface area contributed by atoms with Crippen molar-refractivity contribution in [3.05, 3.63) is 29.6 Å². The molecule has 0 heterocycles. The fraction of sp³-hybridized carbons (Fsp3) is 0.625. The van der Waals surface area contributed by atoms with Gasteiger partial charge in [0.2, 0.25) is 0 Å². The van der Waals surface area contributed by atoms with Gasteiger partial charge >= 0.3 is 0 Å². The van der Waals surface area contributed by atoms with Gasteiger partial charge < -0.3 is 10.1 Å². The summed E-state index contributed by atoms with van der Waals surface area (Å²) < 4.78 is 18.7.